The number of benzene rings is 1. The molecule has 0 aliphatic rings. The highest BCUT2D eigenvalue weighted by Gasteiger charge is 2.10. The summed E-state index contributed by atoms with van der Waals surface area (Å²) in [4.78, 5) is 7.85. The standard InChI is InChI=1S/C12H12BrN3O2/c13-10-11(14)15-7-16-12(10)18-9-4-2-1-3-8(9)5-6-17/h1-4,7,17H,5-6H2,(H2,14,15,16). The van der Waals surface area contributed by atoms with Crippen molar-refractivity contribution in [3.63, 3.8) is 0 Å². The normalized spacial score (nSPS) is 10.3. The quantitative estimate of drug-likeness (QED) is 0.904. The van der Waals surface area contributed by atoms with Gasteiger partial charge in [0, 0.05) is 6.61 Å². The van der Waals surface area contributed by atoms with E-state index in [1.54, 1.807) is 0 Å². The molecule has 0 spiro atoms. The Bertz CT molecular complexity index is 549. The minimum Gasteiger partial charge on any atom is -0.437 e. The van der Waals surface area contributed by atoms with E-state index in [9.17, 15) is 0 Å². The minimum atomic E-state index is 0.0630. The monoisotopic (exact) mass is 309 g/mol. The Balaban J connectivity index is 2.31. The smallest absolute Gasteiger partial charge is 0.238 e. The van der Waals surface area contributed by atoms with E-state index in [1.165, 1.54) is 6.33 Å². The van der Waals surface area contributed by atoms with Crippen LogP contribution in [0.1, 0.15) is 5.56 Å². The number of nitrogens with zero attached hydrogens (tertiary/aromatic N) is 2. The van der Waals surface area contributed by atoms with Gasteiger partial charge in [-0.15, -0.1) is 0 Å². The molecular formula is C12H12BrN3O2. The van der Waals surface area contributed by atoms with Crippen LogP contribution in [-0.2, 0) is 6.42 Å². The van der Waals surface area contributed by atoms with Crippen molar-refractivity contribution < 1.29 is 9.84 Å². The lowest BCUT2D eigenvalue weighted by Crippen LogP contribution is -1.99. The first kappa shape index (κ1) is 12.8. The summed E-state index contributed by atoms with van der Waals surface area (Å²) in [7, 11) is 0. The Labute approximate surface area is 113 Å². The van der Waals surface area contributed by atoms with E-state index in [1.807, 2.05) is 24.3 Å². The van der Waals surface area contributed by atoms with Crippen molar-refractivity contribution in [3.8, 4) is 11.6 Å². The third-order valence-corrected chi connectivity index (χ3v) is 3.09. The number of halogens is 1. The van der Waals surface area contributed by atoms with Gasteiger partial charge < -0.3 is 15.6 Å². The zero-order valence-electron chi connectivity index (χ0n) is 9.51. The van der Waals surface area contributed by atoms with Crippen molar-refractivity contribution in [1.29, 1.82) is 0 Å². The Morgan fingerprint density at radius 1 is 1.28 bits per heavy atom. The lowest BCUT2D eigenvalue weighted by molar-refractivity contribution is 0.297. The van der Waals surface area contributed by atoms with E-state index in [2.05, 4.69) is 25.9 Å². The van der Waals surface area contributed by atoms with E-state index >= 15 is 0 Å². The number of hydrogen-bond acceptors (Lipinski definition) is 5. The van der Waals surface area contributed by atoms with Crippen molar-refractivity contribution in [3.05, 3.63) is 40.6 Å². The van der Waals surface area contributed by atoms with Gasteiger partial charge in [-0.05, 0) is 34.0 Å². The number of nitrogens with two attached hydrogens (primary N) is 1. The molecule has 2 rings (SSSR count). The van der Waals surface area contributed by atoms with Crippen molar-refractivity contribution in [2.45, 2.75) is 6.42 Å². The summed E-state index contributed by atoms with van der Waals surface area (Å²) in [5.41, 5.74) is 6.56. The molecule has 18 heavy (non-hydrogen) atoms. The fourth-order valence-electron chi connectivity index (χ4n) is 1.47. The third kappa shape index (κ3) is 2.77. The van der Waals surface area contributed by atoms with Crippen LogP contribution < -0.4 is 10.5 Å². The van der Waals surface area contributed by atoms with Crippen molar-refractivity contribution in [1.82, 2.24) is 9.97 Å². The highest BCUT2D eigenvalue weighted by molar-refractivity contribution is 9.10. The number of ether oxygens (including phenoxy) is 1. The van der Waals surface area contributed by atoms with Crippen LogP contribution in [0.4, 0.5) is 5.82 Å². The number of para-hydroxylation sites is 1. The molecule has 5 nitrogen and oxygen atoms in total. The van der Waals surface area contributed by atoms with E-state index in [4.69, 9.17) is 15.6 Å². The fourth-order valence-corrected chi connectivity index (χ4v) is 1.76. The van der Waals surface area contributed by atoms with Crippen molar-refractivity contribution in [2.24, 2.45) is 0 Å². The molecule has 6 heteroatoms. The van der Waals surface area contributed by atoms with Crippen LogP contribution in [0.5, 0.6) is 11.6 Å². The summed E-state index contributed by atoms with van der Waals surface area (Å²) < 4.78 is 6.20. The first-order chi connectivity index (χ1) is 8.72. The van der Waals surface area contributed by atoms with Gasteiger partial charge in [0.05, 0.1) is 0 Å². The molecule has 0 aliphatic carbocycles. The number of anilines is 1. The van der Waals surface area contributed by atoms with E-state index < -0.39 is 0 Å². The first-order valence-corrected chi connectivity index (χ1v) is 6.14. The van der Waals surface area contributed by atoms with Gasteiger partial charge in [0.25, 0.3) is 0 Å². The molecule has 3 N–H and O–H groups in total. The first-order valence-electron chi connectivity index (χ1n) is 5.35. The van der Waals surface area contributed by atoms with Crippen LogP contribution in [0.3, 0.4) is 0 Å². The zero-order valence-corrected chi connectivity index (χ0v) is 11.1. The van der Waals surface area contributed by atoms with Gasteiger partial charge in [-0.25, -0.2) is 9.97 Å². The van der Waals surface area contributed by atoms with Gasteiger partial charge in [0.15, 0.2) is 0 Å². The number of aliphatic hydroxyl groups is 1. The summed E-state index contributed by atoms with van der Waals surface area (Å²) in [6, 6.07) is 7.45. The van der Waals surface area contributed by atoms with Crippen LogP contribution in [0, 0.1) is 0 Å². The molecule has 0 amide bonds. The molecule has 0 aliphatic heterocycles. The predicted octanol–water partition coefficient (Wildman–Crippen LogP) is 2.15. The van der Waals surface area contributed by atoms with Crippen LogP contribution in [0.25, 0.3) is 0 Å². The highest BCUT2D eigenvalue weighted by Crippen LogP contribution is 2.31. The fraction of sp³-hybridized carbons (Fsp3) is 0.167. The molecule has 1 aromatic heterocycles. The number of aliphatic hydroxyl groups excluding tert-OH is 1. The Hall–Kier alpha value is -1.66. The Morgan fingerprint density at radius 2 is 2.06 bits per heavy atom. The number of aromatic nitrogens is 2. The SMILES string of the molecule is Nc1ncnc(Oc2ccccc2CCO)c1Br. The molecule has 0 saturated carbocycles. The molecule has 0 fully saturated rings. The van der Waals surface area contributed by atoms with Crippen molar-refractivity contribution >= 4 is 21.7 Å². The molecule has 0 radical (unpaired) electrons. The van der Waals surface area contributed by atoms with Crippen LogP contribution >= 0.6 is 15.9 Å². The number of hydrogen-bond donors (Lipinski definition) is 2. The second kappa shape index (κ2) is 5.79. The average Bonchev–Trinajstić information content (AvgIpc) is 2.37. The van der Waals surface area contributed by atoms with Gasteiger partial charge in [-0.3, -0.25) is 0 Å². The molecular weight excluding hydrogens is 298 g/mol. The number of rotatable bonds is 4. The second-order valence-corrected chi connectivity index (χ2v) is 4.35. The minimum absolute atomic E-state index is 0.0630. The van der Waals surface area contributed by atoms with Gasteiger partial charge in [0.2, 0.25) is 5.88 Å². The molecule has 0 bridgehead atoms. The summed E-state index contributed by atoms with van der Waals surface area (Å²) in [5, 5.41) is 9.00. The van der Waals surface area contributed by atoms with E-state index in [-0.39, 0.29) is 6.61 Å². The second-order valence-electron chi connectivity index (χ2n) is 3.56. The largest absolute Gasteiger partial charge is 0.437 e. The van der Waals surface area contributed by atoms with Crippen LogP contribution in [0.15, 0.2) is 35.1 Å². The van der Waals surface area contributed by atoms with Crippen LogP contribution in [-0.4, -0.2) is 21.7 Å². The highest BCUT2D eigenvalue weighted by atomic mass is 79.9. The Kier molecular flexibility index (Phi) is 4.11. The molecule has 0 saturated heterocycles. The van der Waals surface area contributed by atoms with Gasteiger partial charge in [-0.2, -0.15) is 0 Å². The number of nitrogen functional groups attached to an aromatic ring is 1. The van der Waals surface area contributed by atoms with E-state index in [0.29, 0.717) is 28.3 Å². The Morgan fingerprint density at radius 3 is 2.83 bits per heavy atom. The predicted molar refractivity (Wildman–Crippen MR) is 71.5 cm³/mol. The topological polar surface area (TPSA) is 81.3 Å². The lowest BCUT2D eigenvalue weighted by atomic mass is 10.1. The molecule has 94 valence electrons. The molecule has 1 aromatic carbocycles. The van der Waals surface area contributed by atoms with Gasteiger partial charge >= 0.3 is 0 Å². The summed E-state index contributed by atoms with van der Waals surface area (Å²) in [6.07, 6.45) is 1.86. The maximum atomic E-state index is 9.00. The molecule has 2 aromatic rings. The molecule has 0 unspecified atom stereocenters. The van der Waals surface area contributed by atoms with Gasteiger partial charge in [-0.1, -0.05) is 18.2 Å². The van der Waals surface area contributed by atoms with Crippen molar-refractivity contribution in [2.75, 3.05) is 12.3 Å². The summed E-state index contributed by atoms with van der Waals surface area (Å²) in [6.45, 7) is 0.0630. The average molecular weight is 310 g/mol. The third-order valence-electron chi connectivity index (χ3n) is 2.34. The summed E-state index contributed by atoms with van der Waals surface area (Å²) >= 11 is 3.28. The summed E-state index contributed by atoms with van der Waals surface area (Å²) in [5.74, 6) is 1.32. The van der Waals surface area contributed by atoms with E-state index in [0.717, 1.165) is 5.56 Å². The molecule has 1 heterocycles. The van der Waals surface area contributed by atoms with Crippen LogP contribution in [0.2, 0.25) is 0 Å². The maximum absolute atomic E-state index is 9.00. The lowest BCUT2D eigenvalue weighted by Gasteiger charge is -2.10. The maximum Gasteiger partial charge on any atom is 0.238 e. The zero-order chi connectivity index (χ0) is 13.0. The molecule has 0 atom stereocenters. The van der Waals surface area contributed by atoms with Gasteiger partial charge in [0.1, 0.15) is 22.4 Å².